The summed E-state index contributed by atoms with van der Waals surface area (Å²) in [6.45, 7) is 0. The summed E-state index contributed by atoms with van der Waals surface area (Å²) in [6, 6.07) is 14.8. The third-order valence-electron chi connectivity index (χ3n) is 4.33. The molecule has 0 aliphatic carbocycles. The van der Waals surface area contributed by atoms with Gasteiger partial charge >= 0.3 is 0 Å². The molecule has 122 valence electrons. The number of hydrogen-bond acceptors (Lipinski definition) is 6. The number of hydrogen-bond donors (Lipinski definition) is 2. The van der Waals surface area contributed by atoms with Crippen LogP contribution in [0.4, 0.5) is 5.95 Å². The second-order valence-corrected chi connectivity index (χ2v) is 5.82. The van der Waals surface area contributed by atoms with Crippen LogP contribution in [0.25, 0.3) is 22.0 Å². The van der Waals surface area contributed by atoms with Crippen molar-refractivity contribution in [2.75, 3.05) is 5.32 Å². The van der Waals surface area contributed by atoms with E-state index < -0.39 is 6.17 Å². The summed E-state index contributed by atoms with van der Waals surface area (Å²) in [5.41, 5.74) is 8.39. The highest BCUT2D eigenvalue weighted by Gasteiger charge is 2.27. The molecule has 0 spiro atoms. The van der Waals surface area contributed by atoms with Gasteiger partial charge in [-0.1, -0.05) is 24.3 Å². The fourth-order valence-corrected chi connectivity index (χ4v) is 3.20. The fraction of sp³-hybridized carbons (Fsp3) is 0.0556. The Morgan fingerprint density at radius 2 is 1.92 bits per heavy atom. The predicted octanol–water partition coefficient (Wildman–Crippen LogP) is 2.43. The first-order valence-electron chi connectivity index (χ1n) is 7.80. The molecular weight excluding hydrogens is 318 g/mol. The number of nitrogens with two attached hydrogens (primary N) is 1. The zero-order valence-electron chi connectivity index (χ0n) is 13.0. The number of anilines is 1. The molecule has 7 heteroatoms. The average molecular weight is 331 g/mol. The SMILES string of the molecule is NC1=NC(c2coc3ccccc3c2=O)n2c(nc3ccccc32)N1. The summed E-state index contributed by atoms with van der Waals surface area (Å²) in [5, 5.41) is 3.46. The molecule has 0 saturated heterocycles. The predicted molar refractivity (Wildman–Crippen MR) is 95.6 cm³/mol. The van der Waals surface area contributed by atoms with Crippen molar-refractivity contribution in [1.82, 2.24) is 9.55 Å². The minimum absolute atomic E-state index is 0.131. The largest absolute Gasteiger partial charge is 0.464 e. The molecule has 0 bridgehead atoms. The molecule has 3 N–H and O–H groups in total. The van der Waals surface area contributed by atoms with Crippen LogP contribution in [0, 0.1) is 0 Å². The van der Waals surface area contributed by atoms with Crippen molar-refractivity contribution in [3.63, 3.8) is 0 Å². The molecule has 1 aliphatic rings. The van der Waals surface area contributed by atoms with Gasteiger partial charge in [0.25, 0.3) is 0 Å². The Kier molecular flexibility index (Phi) is 2.73. The van der Waals surface area contributed by atoms with Gasteiger partial charge in [-0.3, -0.25) is 14.7 Å². The second-order valence-electron chi connectivity index (χ2n) is 5.82. The number of aliphatic imine (C=N–C) groups is 1. The summed E-state index contributed by atoms with van der Waals surface area (Å²) >= 11 is 0. The molecule has 0 fully saturated rings. The zero-order chi connectivity index (χ0) is 17.0. The van der Waals surface area contributed by atoms with Crippen molar-refractivity contribution >= 4 is 33.9 Å². The van der Waals surface area contributed by atoms with Crippen LogP contribution in [-0.4, -0.2) is 15.5 Å². The molecule has 0 radical (unpaired) electrons. The van der Waals surface area contributed by atoms with Gasteiger partial charge in [-0.15, -0.1) is 0 Å². The first-order valence-corrected chi connectivity index (χ1v) is 7.80. The zero-order valence-corrected chi connectivity index (χ0v) is 13.0. The van der Waals surface area contributed by atoms with Crippen LogP contribution in [0.1, 0.15) is 11.7 Å². The van der Waals surface area contributed by atoms with Gasteiger partial charge in [0.05, 0.1) is 22.0 Å². The van der Waals surface area contributed by atoms with Gasteiger partial charge in [0.2, 0.25) is 5.95 Å². The van der Waals surface area contributed by atoms with E-state index in [-0.39, 0.29) is 11.4 Å². The molecule has 4 aromatic rings. The number of aromatic nitrogens is 2. The number of rotatable bonds is 1. The van der Waals surface area contributed by atoms with E-state index in [1.54, 1.807) is 18.2 Å². The number of benzene rings is 2. The van der Waals surface area contributed by atoms with Crippen LogP contribution >= 0.6 is 0 Å². The van der Waals surface area contributed by atoms with E-state index in [0.29, 0.717) is 22.5 Å². The number of nitrogens with one attached hydrogen (secondary N) is 1. The van der Waals surface area contributed by atoms with Crippen LogP contribution < -0.4 is 16.5 Å². The molecule has 1 aliphatic heterocycles. The maximum Gasteiger partial charge on any atom is 0.212 e. The summed E-state index contributed by atoms with van der Waals surface area (Å²) in [4.78, 5) is 21.9. The summed E-state index contributed by atoms with van der Waals surface area (Å²) in [5.74, 6) is 0.756. The maximum atomic E-state index is 13.0. The fourth-order valence-electron chi connectivity index (χ4n) is 3.20. The minimum atomic E-state index is -0.635. The van der Waals surface area contributed by atoms with E-state index in [0.717, 1.165) is 11.0 Å². The summed E-state index contributed by atoms with van der Waals surface area (Å²) < 4.78 is 7.51. The highest BCUT2D eigenvalue weighted by atomic mass is 16.3. The minimum Gasteiger partial charge on any atom is -0.464 e. The van der Waals surface area contributed by atoms with E-state index >= 15 is 0 Å². The van der Waals surface area contributed by atoms with Crippen LogP contribution in [0.5, 0.6) is 0 Å². The standard InChI is InChI=1S/C18H13N5O2/c19-17-21-16(11-9-25-14-8-4-1-5-10(14)15(11)24)23-13-7-3-2-6-12(13)20-18(23)22-17/h1-9,16H,(H3,19,20,21,22). The molecule has 0 amide bonds. The van der Waals surface area contributed by atoms with Crippen molar-refractivity contribution in [1.29, 1.82) is 0 Å². The Bertz CT molecular complexity index is 1220. The van der Waals surface area contributed by atoms with E-state index in [9.17, 15) is 4.79 Å². The molecule has 5 rings (SSSR count). The van der Waals surface area contributed by atoms with Gasteiger partial charge in [-0.2, -0.15) is 0 Å². The molecule has 3 heterocycles. The van der Waals surface area contributed by atoms with E-state index in [1.165, 1.54) is 6.26 Å². The molecule has 7 nitrogen and oxygen atoms in total. The molecule has 25 heavy (non-hydrogen) atoms. The topological polar surface area (TPSA) is 98.4 Å². The lowest BCUT2D eigenvalue weighted by Gasteiger charge is -2.23. The third kappa shape index (κ3) is 1.96. The number of nitrogens with zero attached hydrogens (tertiary/aromatic N) is 3. The second kappa shape index (κ2) is 4.94. The molecular formula is C18H13N5O2. The molecule has 1 atom stereocenters. The third-order valence-corrected chi connectivity index (χ3v) is 4.33. The van der Waals surface area contributed by atoms with Crippen molar-refractivity contribution in [3.8, 4) is 0 Å². The summed E-state index contributed by atoms with van der Waals surface area (Å²) in [7, 11) is 0. The van der Waals surface area contributed by atoms with Gasteiger partial charge < -0.3 is 10.2 Å². The first-order chi connectivity index (χ1) is 12.2. The Morgan fingerprint density at radius 1 is 1.12 bits per heavy atom. The van der Waals surface area contributed by atoms with E-state index in [4.69, 9.17) is 10.2 Å². The highest BCUT2D eigenvalue weighted by molar-refractivity contribution is 5.94. The van der Waals surface area contributed by atoms with Crippen molar-refractivity contribution in [2.45, 2.75) is 6.17 Å². The van der Waals surface area contributed by atoms with E-state index in [2.05, 4.69) is 15.3 Å². The molecule has 1 unspecified atom stereocenters. The van der Waals surface area contributed by atoms with Crippen molar-refractivity contribution in [3.05, 3.63) is 70.6 Å². The first kappa shape index (κ1) is 13.8. The highest BCUT2D eigenvalue weighted by Crippen LogP contribution is 2.31. The molecule has 2 aromatic carbocycles. The lowest BCUT2D eigenvalue weighted by molar-refractivity contribution is 0.554. The van der Waals surface area contributed by atoms with Gasteiger partial charge in [0.1, 0.15) is 11.8 Å². The Balaban J connectivity index is 1.81. The van der Waals surface area contributed by atoms with Gasteiger partial charge in [-0.25, -0.2) is 9.98 Å². The van der Waals surface area contributed by atoms with Gasteiger partial charge in [0, 0.05) is 0 Å². The Labute approximate surface area is 141 Å². The quantitative estimate of drug-likeness (QED) is 0.558. The maximum absolute atomic E-state index is 13.0. The van der Waals surface area contributed by atoms with Gasteiger partial charge in [0.15, 0.2) is 17.6 Å². The van der Waals surface area contributed by atoms with Crippen LogP contribution in [0.2, 0.25) is 0 Å². The lowest BCUT2D eigenvalue weighted by Crippen LogP contribution is -2.33. The smallest absolute Gasteiger partial charge is 0.212 e. The average Bonchev–Trinajstić information content (AvgIpc) is 3.00. The van der Waals surface area contributed by atoms with Crippen molar-refractivity contribution < 1.29 is 4.42 Å². The van der Waals surface area contributed by atoms with Crippen LogP contribution in [-0.2, 0) is 0 Å². The Morgan fingerprint density at radius 3 is 2.84 bits per heavy atom. The van der Waals surface area contributed by atoms with Crippen molar-refractivity contribution in [2.24, 2.45) is 10.7 Å². The normalized spacial score (nSPS) is 16.5. The Hall–Kier alpha value is -3.61. The molecule has 0 saturated carbocycles. The van der Waals surface area contributed by atoms with Crippen LogP contribution in [0.15, 0.2) is 69.0 Å². The lowest BCUT2D eigenvalue weighted by atomic mass is 10.1. The number of para-hydroxylation sites is 3. The number of guanidine groups is 1. The monoisotopic (exact) mass is 331 g/mol. The van der Waals surface area contributed by atoms with Crippen LogP contribution in [0.3, 0.4) is 0 Å². The number of imidazole rings is 1. The summed E-state index contributed by atoms with van der Waals surface area (Å²) in [6.07, 6.45) is 0.820. The number of fused-ring (bicyclic) bond motifs is 4. The molecule has 2 aromatic heterocycles. The van der Waals surface area contributed by atoms with E-state index in [1.807, 2.05) is 34.9 Å². The van der Waals surface area contributed by atoms with Gasteiger partial charge in [-0.05, 0) is 24.3 Å².